The molecule has 1 atom stereocenters. The molecule has 4 heteroatoms. The van der Waals surface area contributed by atoms with Gasteiger partial charge in [0.15, 0.2) is 0 Å². The predicted octanol–water partition coefficient (Wildman–Crippen LogP) is 1.80. The number of aromatic nitrogens is 2. The van der Waals surface area contributed by atoms with Crippen LogP contribution in [0.2, 0.25) is 0 Å². The summed E-state index contributed by atoms with van der Waals surface area (Å²) in [4.78, 5) is 7.01. The maximum Gasteiger partial charge on any atom is 0.205 e. The molecule has 0 bridgehead atoms. The molecule has 0 radical (unpaired) electrons. The van der Waals surface area contributed by atoms with Crippen LogP contribution in [0.3, 0.4) is 0 Å². The lowest BCUT2D eigenvalue weighted by atomic mass is 10.2. The van der Waals surface area contributed by atoms with Gasteiger partial charge in [0, 0.05) is 44.1 Å². The van der Waals surface area contributed by atoms with E-state index in [1.807, 2.05) is 6.20 Å². The standard InChI is InChI=1S/C13H22N4/c1-11-10-16(8-6-14-11)13-15-7-9-17(13)12-4-2-3-5-12/h7,9,11-12,14H,2-6,8,10H2,1H3/t11-/m0/s1. The molecule has 3 rings (SSSR count). The smallest absolute Gasteiger partial charge is 0.205 e. The second-order valence-corrected chi connectivity index (χ2v) is 5.37. The number of hydrogen-bond acceptors (Lipinski definition) is 3. The van der Waals surface area contributed by atoms with Crippen molar-refractivity contribution in [1.82, 2.24) is 14.9 Å². The van der Waals surface area contributed by atoms with Crippen LogP contribution >= 0.6 is 0 Å². The van der Waals surface area contributed by atoms with Crippen molar-refractivity contribution >= 4 is 5.95 Å². The average Bonchev–Trinajstić information content (AvgIpc) is 3.00. The molecule has 1 aliphatic carbocycles. The van der Waals surface area contributed by atoms with Gasteiger partial charge in [-0.15, -0.1) is 0 Å². The Labute approximate surface area is 103 Å². The molecule has 0 spiro atoms. The van der Waals surface area contributed by atoms with E-state index >= 15 is 0 Å². The Balaban J connectivity index is 1.79. The number of piperazine rings is 1. The van der Waals surface area contributed by atoms with Crippen LogP contribution in [0.15, 0.2) is 12.4 Å². The van der Waals surface area contributed by atoms with Crippen molar-refractivity contribution in [2.75, 3.05) is 24.5 Å². The summed E-state index contributed by atoms with van der Waals surface area (Å²) in [7, 11) is 0. The van der Waals surface area contributed by atoms with Crippen molar-refractivity contribution in [2.45, 2.75) is 44.7 Å². The molecule has 1 N–H and O–H groups in total. The number of anilines is 1. The predicted molar refractivity (Wildman–Crippen MR) is 69.4 cm³/mol. The molecule has 1 saturated heterocycles. The van der Waals surface area contributed by atoms with Crippen molar-refractivity contribution < 1.29 is 0 Å². The van der Waals surface area contributed by atoms with E-state index in [0.717, 1.165) is 19.6 Å². The average molecular weight is 234 g/mol. The molecule has 2 fully saturated rings. The Hall–Kier alpha value is -1.03. The van der Waals surface area contributed by atoms with Crippen LogP contribution in [0, 0.1) is 0 Å². The molecule has 0 unspecified atom stereocenters. The quantitative estimate of drug-likeness (QED) is 0.847. The lowest BCUT2D eigenvalue weighted by Gasteiger charge is -2.33. The first-order valence-corrected chi connectivity index (χ1v) is 6.86. The Morgan fingerprint density at radius 3 is 2.94 bits per heavy atom. The van der Waals surface area contributed by atoms with E-state index in [4.69, 9.17) is 0 Å². The van der Waals surface area contributed by atoms with Crippen LogP contribution in [-0.2, 0) is 0 Å². The van der Waals surface area contributed by atoms with E-state index in [1.165, 1.54) is 31.6 Å². The Morgan fingerprint density at radius 2 is 2.18 bits per heavy atom. The highest BCUT2D eigenvalue weighted by Crippen LogP contribution is 2.32. The minimum absolute atomic E-state index is 0.567. The third-order valence-corrected chi connectivity index (χ3v) is 4.02. The second-order valence-electron chi connectivity index (χ2n) is 5.37. The number of nitrogens with one attached hydrogen (secondary N) is 1. The van der Waals surface area contributed by atoms with Crippen molar-refractivity contribution in [2.24, 2.45) is 0 Å². The zero-order valence-corrected chi connectivity index (χ0v) is 10.6. The third-order valence-electron chi connectivity index (χ3n) is 4.02. The van der Waals surface area contributed by atoms with Crippen LogP contribution in [-0.4, -0.2) is 35.2 Å². The zero-order valence-electron chi connectivity index (χ0n) is 10.6. The maximum absolute atomic E-state index is 4.58. The van der Waals surface area contributed by atoms with E-state index < -0.39 is 0 Å². The van der Waals surface area contributed by atoms with E-state index in [9.17, 15) is 0 Å². The minimum atomic E-state index is 0.567. The molecular formula is C13H22N4. The first kappa shape index (κ1) is 11.1. The van der Waals surface area contributed by atoms with E-state index in [-0.39, 0.29) is 0 Å². The molecule has 0 amide bonds. The van der Waals surface area contributed by atoms with Crippen LogP contribution in [0.4, 0.5) is 5.95 Å². The fraction of sp³-hybridized carbons (Fsp3) is 0.769. The van der Waals surface area contributed by atoms with Gasteiger partial charge in [-0.2, -0.15) is 0 Å². The molecule has 0 aromatic carbocycles. The summed E-state index contributed by atoms with van der Waals surface area (Å²) in [5.74, 6) is 1.19. The summed E-state index contributed by atoms with van der Waals surface area (Å²) in [6.45, 7) is 5.46. The number of nitrogens with zero attached hydrogens (tertiary/aromatic N) is 3. The van der Waals surface area contributed by atoms with Crippen molar-refractivity contribution in [1.29, 1.82) is 0 Å². The van der Waals surface area contributed by atoms with E-state index in [1.54, 1.807) is 0 Å². The van der Waals surface area contributed by atoms with E-state index in [0.29, 0.717) is 12.1 Å². The van der Waals surface area contributed by atoms with Gasteiger partial charge in [0.2, 0.25) is 5.95 Å². The van der Waals surface area contributed by atoms with Crippen molar-refractivity contribution in [3.05, 3.63) is 12.4 Å². The highest BCUT2D eigenvalue weighted by atomic mass is 15.3. The van der Waals surface area contributed by atoms with Crippen molar-refractivity contribution in [3.63, 3.8) is 0 Å². The summed E-state index contributed by atoms with van der Waals surface area (Å²) in [5.41, 5.74) is 0. The first-order valence-electron chi connectivity index (χ1n) is 6.86. The molecule has 2 aliphatic rings. The summed E-state index contributed by atoms with van der Waals surface area (Å²) in [6.07, 6.45) is 9.52. The maximum atomic E-state index is 4.58. The topological polar surface area (TPSA) is 33.1 Å². The van der Waals surface area contributed by atoms with Crippen LogP contribution in [0.5, 0.6) is 0 Å². The van der Waals surface area contributed by atoms with Crippen LogP contribution in [0.1, 0.15) is 38.6 Å². The van der Waals surface area contributed by atoms with E-state index in [2.05, 4.69) is 32.9 Å². The molecule has 17 heavy (non-hydrogen) atoms. The molecule has 1 saturated carbocycles. The lowest BCUT2D eigenvalue weighted by molar-refractivity contribution is 0.457. The largest absolute Gasteiger partial charge is 0.339 e. The Kier molecular flexibility index (Phi) is 3.05. The van der Waals surface area contributed by atoms with Gasteiger partial charge in [-0.3, -0.25) is 0 Å². The van der Waals surface area contributed by atoms with Gasteiger partial charge in [-0.25, -0.2) is 4.98 Å². The van der Waals surface area contributed by atoms with Gasteiger partial charge in [-0.1, -0.05) is 12.8 Å². The minimum Gasteiger partial charge on any atom is -0.339 e. The van der Waals surface area contributed by atoms with Gasteiger partial charge in [-0.05, 0) is 19.8 Å². The molecular weight excluding hydrogens is 212 g/mol. The normalized spacial score (nSPS) is 26.6. The SMILES string of the molecule is C[C@H]1CN(c2nccn2C2CCCC2)CCN1. The van der Waals surface area contributed by atoms with Crippen LogP contribution < -0.4 is 10.2 Å². The second kappa shape index (κ2) is 4.69. The zero-order chi connectivity index (χ0) is 11.7. The highest BCUT2D eigenvalue weighted by molar-refractivity contribution is 5.33. The van der Waals surface area contributed by atoms with Gasteiger partial charge >= 0.3 is 0 Å². The highest BCUT2D eigenvalue weighted by Gasteiger charge is 2.24. The van der Waals surface area contributed by atoms with Gasteiger partial charge in [0.1, 0.15) is 0 Å². The third kappa shape index (κ3) is 2.18. The number of hydrogen-bond donors (Lipinski definition) is 1. The lowest BCUT2D eigenvalue weighted by Crippen LogP contribution is -2.50. The molecule has 1 aromatic heterocycles. The monoisotopic (exact) mass is 234 g/mol. The summed E-state index contributed by atoms with van der Waals surface area (Å²) in [6, 6.07) is 1.26. The Morgan fingerprint density at radius 1 is 1.35 bits per heavy atom. The fourth-order valence-corrected chi connectivity index (χ4v) is 3.13. The van der Waals surface area contributed by atoms with Gasteiger partial charge < -0.3 is 14.8 Å². The summed E-state index contributed by atoms with van der Waals surface area (Å²) in [5, 5.41) is 3.48. The molecule has 2 heterocycles. The molecule has 1 aromatic rings. The number of rotatable bonds is 2. The molecule has 1 aliphatic heterocycles. The molecule has 4 nitrogen and oxygen atoms in total. The van der Waals surface area contributed by atoms with Crippen LogP contribution in [0.25, 0.3) is 0 Å². The molecule has 94 valence electrons. The summed E-state index contributed by atoms with van der Waals surface area (Å²) < 4.78 is 2.41. The number of imidazole rings is 1. The van der Waals surface area contributed by atoms with Crippen molar-refractivity contribution in [3.8, 4) is 0 Å². The Bertz CT molecular complexity index is 367. The first-order chi connectivity index (χ1) is 8.34. The fourth-order valence-electron chi connectivity index (χ4n) is 3.13. The van der Waals surface area contributed by atoms with Gasteiger partial charge in [0.25, 0.3) is 0 Å². The van der Waals surface area contributed by atoms with Gasteiger partial charge in [0.05, 0.1) is 0 Å². The summed E-state index contributed by atoms with van der Waals surface area (Å²) >= 11 is 0.